The molecule has 2 saturated heterocycles. The van der Waals surface area contributed by atoms with E-state index in [2.05, 4.69) is 4.98 Å². The van der Waals surface area contributed by atoms with Gasteiger partial charge >= 0.3 is 0 Å². The van der Waals surface area contributed by atoms with Crippen molar-refractivity contribution in [3.8, 4) is 0 Å². The minimum Gasteiger partial charge on any atom is -0.381 e. The third-order valence-corrected chi connectivity index (χ3v) is 4.53. The summed E-state index contributed by atoms with van der Waals surface area (Å²) in [4.78, 5) is 18.6. The lowest BCUT2D eigenvalue weighted by Crippen LogP contribution is -2.44. The van der Waals surface area contributed by atoms with Crippen molar-refractivity contribution in [1.82, 2.24) is 9.88 Å². The molecule has 22 heavy (non-hydrogen) atoms. The topological polar surface area (TPSA) is 51.7 Å². The Balaban J connectivity index is 1.41. The van der Waals surface area contributed by atoms with E-state index in [9.17, 15) is 4.79 Å². The van der Waals surface area contributed by atoms with Gasteiger partial charge in [-0.25, -0.2) is 0 Å². The molecule has 0 bridgehead atoms. The standard InChI is InChI=1S/C17H24N2O3/c20-17(15-5-10-21-11-6-15)19-8-3-16(4-9-19)22-13-14-2-1-7-18-12-14/h1-2,7,12,15-16H,3-6,8-11,13H2. The van der Waals surface area contributed by atoms with Crippen LogP contribution >= 0.6 is 0 Å². The Morgan fingerprint density at radius 3 is 2.73 bits per heavy atom. The van der Waals surface area contributed by atoms with Gasteiger partial charge in [0.15, 0.2) is 0 Å². The Kier molecular flexibility index (Phi) is 5.40. The van der Waals surface area contributed by atoms with Crippen LogP contribution in [0.5, 0.6) is 0 Å². The molecule has 2 aliphatic heterocycles. The van der Waals surface area contributed by atoms with Crippen molar-refractivity contribution in [3.63, 3.8) is 0 Å². The molecule has 1 aromatic rings. The third kappa shape index (κ3) is 4.05. The molecular weight excluding hydrogens is 280 g/mol. The number of ether oxygens (including phenoxy) is 2. The maximum atomic E-state index is 12.5. The zero-order valence-electron chi connectivity index (χ0n) is 12.9. The van der Waals surface area contributed by atoms with Crippen LogP contribution < -0.4 is 0 Å². The monoisotopic (exact) mass is 304 g/mol. The Bertz CT molecular complexity index is 466. The van der Waals surface area contributed by atoms with Crippen LogP contribution in [0, 0.1) is 5.92 Å². The molecule has 120 valence electrons. The molecule has 0 aromatic carbocycles. The second kappa shape index (κ2) is 7.70. The summed E-state index contributed by atoms with van der Waals surface area (Å²) in [6.07, 6.45) is 7.45. The summed E-state index contributed by atoms with van der Waals surface area (Å²) in [6, 6.07) is 3.95. The lowest BCUT2D eigenvalue weighted by molar-refractivity contribution is -0.141. The molecule has 0 saturated carbocycles. The van der Waals surface area contributed by atoms with Crippen LogP contribution in [0.3, 0.4) is 0 Å². The van der Waals surface area contributed by atoms with E-state index in [1.54, 1.807) is 6.20 Å². The molecule has 0 radical (unpaired) electrons. The van der Waals surface area contributed by atoms with Crippen molar-refractivity contribution in [1.29, 1.82) is 0 Å². The van der Waals surface area contributed by atoms with Crippen molar-refractivity contribution < 1.29 is 14.3 Å². The molecule has 0 spiro atoms. The zero-order valence-corrected chi connectivity index (χ0v) is 12.9. The lowest BCUT2D eigenvalue weighted by atomic mass is 9.97. The van der Waals surface area contributed by atoms with Gasteiger partial charge < -0.3 is 14.4 Å². The number of nitrogens with zero attached hydrogens (tertiary/aromatic N) is 2. The van der Waals surface area contributed by atoms with E-state index in [1.807, 2.05) is 23.2 Å². The van der Waals surface area contributed by atoms with Gasteiger partial charge in [0.05, 0.1) is 12.7 Å². The van der Waals surface area contributed by atoms with Gasteiger partial charge in [-0.15, -0.1) is 0 Å². The van der Waals surface area contributed by atoms with Crippen LogP contribution in [0.25, 0.3) is 0 Å². The predicted molar refractivity (Wildman–Crippen MR) is 82.2 cm³/mol. The Morgan fingerprint density at radius 1 is 1.27 bits per heavy atom. The van der Waals surface area contributed by atoms with Crippen LogP contribution in [0.1, 0.15) is 31.2 Å². The average molecular weight is 304 g/mol. The number of pyridine rings is 1. The number of carbonyl (C=O) groups excluding carboxylic acids is 1. The van der Waals surface area contributed by atoms with E-state index >= 15 is 0 Å². The highest BCUT2D eigenvalue weighted by molar-refractivity contribution is 5.79. The Labute approximate surface area is 131 Å². The fourth-order valence-corrected chi connectivity index (χ4v) is 3.14. The summed E-state index contributed by atoms with van der Waals surface area (Å²) in [5.41, 5.74) is 1.10. The number of carbonyl (C=O) groups is 1. The maximum Gasteiger partial charge on any atom is 0.225 e. The number of amides is 1. The molecule has 0 atom stereocenters. The van der Waals surface area contributed by atoms with Crippen molar-refractivity contribution in [2.24, 2.45) is 5.92 Å². The minimum atomic E-state index is 0.168. The number of hydrogen-bond acceptors (Lipinski definition) is 4. The van der Waals surface area contributed by atoms with Gasteiger partial charge in [-0.3, -0.25) is 9.78 Å². The number of rotatable bonds is 4. The fourth-order valence-electron chi connectivity index (χ4n) is 3.14. The first kappa shape index (κ1) is 15.4. The van der Waals surface area contributed by atoms with E-state index in [0.717, 1.165) is 57.6 Å². The molecule has 0 N–H and O–H groups in total. The first-order chi connectivity index (χ1) is 10.8. The van der Waals surface area contributed by atoms with Crippen LogP contribution in [0.2, 0.25) is 0 Å². The highest BCUT2D eigenvalue weighted by atomic mass is 16.5. The van der Waals surface area contributed by atoms with E-state index < -0.39 is 0 Å². The summed E-state index contributed by atoms with van der Waals surface area (Å²) in [5, 5.41) is 0. The van der Waals surface area contributed by atoms with Crippen LogP contribution in [0.15, 0.2) is 24.5 Å². The van der Waals surface area contributed by atoms with Crippen LogP contribution in [0.4, 0.5) is 0 Å². The first-order valence-electron chi connectivity index (χ1n) is 8.20. The molecular formula is C17H24N2O3. The number of piperidine rings is 1. The highest BCUT2D eigenvalue weighted by Crippen LogP contribution is 2.22. The molecule has 2 aliphatic rings. The second-order valence-corrected chi connectivity index (χ2v) is 6.08. The van der Waals surface area contributed by atoms with Crippen molar-refractivity contribution >= 4 is 5.91 Å². The molecule has 0 unspecified atom stereocenters. The number of hydrogen-bond donors (Lipinski definition) is 0. The van der Waals surface area contributed by atoms with E-state index in [4.69, 9.17) is 9.47 Å². The lowest BCUT2D eigenvalue weighted by Gasteiger charge is -2.35. The highest BCUT2D eigenvalue weighted by Gasteiger charge is 2.29. The van der Waals surface area contributed by atoms with Gasteiger partial charge in [0, 0.05) is 44.6 Å². The predicted octanol–water partition coefficient (Wildman–Crippen LogP) is 2.02. The fraction of sp³-hybridized carbons (Fsp3) is 0.647. The summed E-state index contributed by atoms with van der Waals surface area (Å²) in [6.45, 7) is 3.68. The molecule has 3 heterocycles. The normalized spacial score (nSPS) is 21.0. The van der Waals surface area contributed by atoms with Crippen molar-refractivity contribution in [3.05, 3.63) is 30.1 Å². The molecule has 5 nitrogen and oxygen atoms in total. The third-order valence-electron chi connectivity index (χ3n) is 4.53. The Morgan fingerprint density at radius 2 is 2.05 bits per heavy atom. The van der Waals surface area contributed by atoms with Gasteiger partial charge in [-0.2, -0.15) is 0 Å². The molecule has 3 rings (SSSR count). The summed E-state index contributed by atoms with van der Waals surface area (Å²) in [5.74, 6) is 0.482. The number of aromatic nitrogens is 1. The Hall–Kier alpha value is -1.46. The minimum absolute atomic E-state index is 0.168. The molecule has 5 heteroatoms. The van der Waals surface area contributed by atoms with Gasteiger partial charge in [-0.1, -0.05) is 6.07 Å². The van der Waals surface area contributed by atoms with Crippen molar-refractivity contribution in [2.45, 2.75) is 38.4 Å². The smallest absolute Gasteiger partial charge is 0.225 e. The largest absolute Gasteiger partial charge is 0.381 e. The van der Waals surface area contributed by atoms with Gasteiger partial charge in [-0.05, 0) is 37.3 Å². The quantitative estimate of drug-likeness (QED) is 0.854. The van der Waals surface area contributed by atoms with Gasteiger partial charge in [0.1, 0.15) is 0 Å². The summed E-state index contributed by atoms with van der Waals surface area (Å²) in [7, 11) is 0. The molecule has 2 fully saturated rings. The number of likely N-dealkylation sites (tertiary alicyclic amines) is 1. The van der Waals surface area contributed by atoms with Crippen LogP contribution in [-0.4, -0.2) is 48.2 Å². The molecule has 0 aliphatic carbocycles. The summed E-state index contributed by atoms with van der Waals surface area (Å²) < 4.78 is 11.3. The molecule has 1 amide bonds. The van der Waals surface area contributed by atoms with Crippen LogP contribution in [-0.2, 0) is 20.9 Å². The van der Waals surface area contributed by atoms with E-state index in [1.165, 1.54) is 0 Å². The van der Waals surface area contributed by atoms with E-state index in [-0.39, 0.29) is 12.0 Å². The van der Waals surface area contributed by atoms with Gasteiger partial charge in [0.2, 0.25) is 5.91 Å². The maximum absolute atomic E-state index is 12.5. The van der Waals surface area contributed by atoms with Crippen molar-refractivity contribution in [2.75, 3.05) is 26.3 Å². The zero-order chi connectivity index (χ0) is 15.2. The van der Waals surface area contributed by atoms with E-state index in [0.29, 0.717) is 12.5 Å². The SMILES string of the molecule is O=C(C1CCOCC1)N1CCC(OCc2cccnc2)CC1. The first-order valence-corrected chi connectivity index (χ1v) is 8.20. The molecule has 1 aromatic heterocycles. The second-order valence-electron chi connectivity index (χ2n) is 6.08. The van der Waals surface area contributed by atoms with Gasteiger partial charge in [0.25, 0.3) is 0 Å². The average Bonchev–Trinajstić information content (AvgIpc) is 2.61. The summed E-state index contributed by atoms with van der Waals surface area (Å²) >= 11 is 0.